The number of nitrogens with one attached hydrogen (secondary N) is 1. The molecule has 2 fully saturated rings. The first-order valence-corrected chi connectivity index (χ1v) is 13.9. The third-order valence-corrected chi connectivity index (χ3v) is 8.24. The number of imidazole rings is 2. The molecule has 182 valence electrons. The fourth-order valence-electron chi connectivity index (χ4n) is 4.24. The van der Waals surface area contributed by atoms with E-state index in [2.05, 4.69) is 15.0 Å². The Labute approximate surface area is 206 Å². The Kier molecular flexibility index (Phi) is 5.76. The number of fused-ring (bicyclic) bond motifs is 3. The van der Waals surface area contributed by atoms with Crippen molar-refractivity contribution in [3.63, 3.8) is 0 Å². The molecular formula is C20H18N5O7PS2. The molecule has 0 bridgehead atoms. The SMILES string of the molecule is O=C(O)CSc1nc2c(=O)n3cc(-c4ccccc4)[nH]c3nc2n1[C@@H]1OC2CO[PH](=S)O[C@H]2C1O. The predicted octanol–water partition coefficient (Wildman–Crippen LogP) is 1.40. The van der Waals surface area contributed by atoms with Gasteiger partial charge in [-0.3, -0.25) is 14.2 Å². The second-order valence-electron chi connectivity index (χ2n) is 7.96. The van der Waals surface area contributed by atoms with Gasteiger partial charge in [0.2, 0.25) is 5.78 Å². The molecule has 5 heterocycles. The van der Waals surface area contributed by atoms with Gasteiger partial charge in [-0.05, 0) is 17.4 Å². The maximum atomic E-state index is 13.4. The molecule has 2 aliphatic rings. The molecule has 0 radical (unpaired) electrons. The number of benzene rings is 1. The lowest BCUT2D eigenvalue weighted by molar-refractivity contribution is -0.133. The second kappa shape index (κ2) is 8.82. The number of carbonyl (C=O) groups is 1. The van der Waals surface area contributed by atoms with Crippen LogP contribution >= 0.6 is 18.9 Å². The van der Waals surface area contributed by atoms with Crippen LogP contribution < -0.4 is 5.56 Å². The van der Waals surface area contributed by atoms with Crippen LogP contribution in [0.4, 0.5) is 0 Å². The van der Waals surface area contributed by atoms with Crippen molar-refractivity contribution in [1.82, 2.24) is 23.9 Å². The number of aromatic nitrogens is 5. The summed E-state index contributed by atoms with van der Waals surface area (Å²) in [7, 11) is -1.94. The molecular weight excluding hydrogens is 517 g/mol. The Morgan fingerprint density at radius 2 is 2.11 bits per heavy atom. The van der Waals surface area contributed by atoms with Gasteiger partial charge in [0.05, 0.1) is 18.1 Å². The van der Waals surface area contributed by atoms with Crippen molar-refractivity contribution in [3.8, 4) is 11.3 Å². The van der Waals surface area contributed by atoms with E-state index in [0.29, 0.717) is 5.69 Å². The van der Waals surface area contributed by atoms with E-state index in [1.807, 2.05) is 30.3 Å². The first kappa shape index (κ1) is 22.9. The molecule has 2 aliphatic heterocycles. The van der Waals surface area contributed by atoms with Crippen molar-refractivity contribution in [3.05, 3.63) is 46.9 Å². The Hall–Kier alpha value is -2.58. The first-order chi connectivity index (χ1) is 16.9. The van der Waals surface area contributed by atoms with Gasteiger partial charge >= 0.3 is 5.97 Å². The molecule has 35 heavy (non-hydrogen) atoms. The lowest BCUT2D eigenvalue weighted by Crippen LogP contribution is -2.37. The number of hydrogen-bond donors (Lipinski definition) is 3. The minimum absolute atomic E-state index is 0.0184. The molecule has 6 rings (SSSR count). The zero-order chi connectivity index (χ0) is 24.3. The Morgan fingerprint density at radius 1 is 1.31 bits per heavy atom. The summed E-state index contributed by atoms with van der Waals surface area (Å²) in [5.41, 5.74) is 1.28. The first-order valence-electron chi connectivity index (χ1n) is 10.5. The minimum atomic E-state index is -1.94. The normalized spacial score (nSPS) is 26.4. The number of aromatic amines is 1. The van der Waals surface area contributed by atoms with E-state index in [4.69, 9.17) is 25.6 Å². The fraction of sp³-hybridized carbons (Fsp3) is 0.300. The van der Waals surface area contributed by atoms with Gasteiger partial charge < -0.3 is 29.0 Å². The number of H-pyrrole nitrogens is 1. The van der Waals surface area contributed by atoms with Crippen LogP contribution in [0.25, 0.3) is 28.2 Å². The summed E-state index contributed by atoms with van der Waals surface area (Å²) in [5, 5.41) is 20.4. The quantitative estimate of drug-likeness (QED) is 0.251. The summed E-state index contributed by atoms with van der Waals surface area (Å²) in [6.07, 6.45) is -1.85. The third-order valence-electron chi connectivity index (χ3n) is 5.79. The van der Waals surface area contributed by atoms with Crippen LogP contribution in [0.1, 0.15) is 6.23 Å². The largest absolute Gasteiger partial charge is 0.481 e. The summed E-state index contributed by atoms with van der Waals surface area (Å²) >= 11 is 6.03. The van der Waals surface area contributed by atoms with E-state index >= 15 is 0 Å². The maximum absolute atomic E-state index is 13.4. The molecule has 0 saturated carbocycles. The van der Waals surface area contributed by atoms with Gasteiger partial charge in [-0.25, -0.2) is 9.38 Å². The maximum Gasteiger partial charge on any atom is 0.313 e. The van der Waals surface area contributed by atoms with Crippen molar-refractivity contribution >= 4 is 53.6 Å². The number of aliphatic hydroxyl groups is 1. The standard InChI is InChI=1S/C20H18N5O7PS2/c26-12(27)8-35-20-22-13-16(25(20)18-14(28)15-11(31-18)7-30-33(34)32-15)23-19-21-10(6-24(19)17(13)29)9-4-2-1-3-5-9/h1-6,11,14-15,18,28,33H,7-8H2,(H,21,23)(H,26,27)/t11?,14?,15-,18-/m1/s1. The summed E-state index contributed by atoms with van der Waals surface area (Å²) < 4.78 is 19.9. The van der Waals surface area contributed by atoms with Gasteiger partial charge in [0, 0.05) is 6.20 Å². The number of thioether (sulfide) groups is 1. The van der Waals surface area contributed by atoms with Crippen LogP contribution in [0, 0.1) is 0 Å². The molecule has 3 N–H and O–H groups in total. The summed E-state index contributed by atoms with van der Waals surface area (Å²) in [5.74, 6) is -1.11. The number of hydrogen-bond acceptors (Lipinski definition) is 10. The summed E-state index contributed by atoms with van der Waals surface area (Å²) in [6, 6.07) is 9.46. The zero-order valence-electron chi connectivity index (χ0n) is 17.7. The number of aliphatic carboxylic acids is 1. The third kappa shape index (κ3) is 3.91. The molecule has 3 aromatic heterocycles. The Bertz CT molecular complexity index is 1540. The number of carboxylic acid groups (broad SMARTS) is 1. The topological polar surface area (TPSA) is 153 Å². The highest BCUT2D eigenvalue weighted by atomic mass is 32.4. The van der Waals surface area contributed by atoms with E-state index in [0.717, 1.165) is 17.3 Å². The Balaban J connectivity index is 1.51. The molecule has 0 aliphatic carbocycles. The highest BCUT2D eigenvalue weighted by molar-refractivity contribution is 8.00. The molecule has 0 spiro atoms. The number of carboxylic acids is 1. The van der Waals surface area contributed by atoms with Gasteiger partial charge in [-0.1, -0.05) is 42.1 Å². The highest BCUT2D eigenvalue weighted by Gasteiger charge is 2.49. The second-order valence-corrected chi connectivity index (χ2v) is 10.9. The minimum Gasteiger partial charge on any atom is -0.481 e. The molecule has 5 atom stereocenters. The van der Waals surface area contributed by atoms with Crippen LogP contribution in [0.2, 0.25) is 0 Å². The van der Waals surface area contributed by atoms with Gasteiger partial charge in [0.25, 0.3) is 5.56 Å². The van der Waals surface area contributed by atoms with Gasteiger partial charge in [0.15, 0.2) is 29.7 Å². The predicted molar refractivity (Wildman–Crippen MR) is 129 cm³/mol. The summed E-state index contributed by atoms with van der Waals surface area (Å²) in [4.78, 5) is 36.8. The number of aliphatic hydroxyl groups excluding tert-OH is 1. The number of nitrogens with zero attached hydrogens (tertiary/aromatic N) is 4. The van der Waals surface area contributed by atoms with E-state index in [9.17, 15) is 19.8 Å². The van der Waals surface area contributed by atoms with Crippen LogP contribution in [0.3, 0.4) is 0 Å². The van der Waals surface area contributed by atoms with Crippen molar-refractivity contribution < 1.29 is 28.8 Å². The lowest BCUT2D eigenvalue weighted by Gasteiger charge is -2.26. The van der Waals surface area contributed by atoms with Crippen LogP contribution in [-0.4, -0.2) is 70.8 Å². The average Bonchev–Trinajstić information content (AvgIpc) is 3.53. The fourth-order valence-corrected chi connectivity index (χ4v) is 6.40. The van der Waals surface area contributed by atoms with Crippen LogP contribution in [-0.2, 0) is 30.4 Å². The van der Waals surface area contributed by atoms with Crippen molar-refractivity contribution in [1.29, 1.82) is 0 Å². The molecule has 3 unspecified atom stereocenters. The molecule has 4 aromatic rings. The smallest absolute Gasteiger partial charge is 0.313 e. The van der Waals surface area contributed by atoms with Gasteiger partial charge in [-0.15, -0.1) is 0 Å². The number of rotatable bonds is 5. The van der Waals surface area contributed by atoms with Crippen molar-refractivity contribution in [2.75, 3.05) is 12.4 Å². The monoisotopic (exact) mass is 535 g/mol. The van der Waals surface area contributed by atoms with Gasteiger partial charge in [0.1, 0.15) is 18.3 Å². The van der Waals surface area contributed by atoms with Gasteiger partial charge in [-0.2, -0.15) is 4.98 Å². The van der Waals surface area contributed by atoms with E-state index in [-0.39, 0.29) is 34.5 Å². The molecule has 15 heteroatoms. The van der Waals surface area contributed by atoms with Crippen molar-refractivity contribution in [2.45, 2.75) is 29.7 Å². The molecule has 12 nitrogen and oxygen atoms in total. The highest BCUT2D eigenvalue weighted by Crippen LogP contribution is 2.44. The van der Waals surface area contributed by atoms with Crippen LogP contribution in [0.15, 0.2) is 46.5 Å². The van der Waals surface area contributed by atoms with E-state index < -0.39 is 43.2 Å². The van der Waals surface area contributed by atoms with E-state index in [1.165, 1.54) is 8.97 Å². The Morgan fingerprint density at radius 3 is 2.89 bits per heavy atom. The van der Waals surface area contributed by atoms with Crippen molar-refractivity contribution in [2.24, 2.45) is 0 Å². The average molecular weight is 536 g/mol. The summed E-state index contributed by atoms with van der Waals surface area (Å²) in [6.45, 7) is 0.164. The lowest BCUT2D eigenvalue weighted by atomic mass is 10.1. The molecule has 1 aromatic carbocycles. The van der Waals surface area contributed by atoms with Crippen LogP contribution in [0.5, 0.6) is 0 Å². The number of ether oxygens (including phenoxy) is 1. The zero-order valence-corrected chi connectivity index (χ0v) is 20.4. The van der Waals surface area contributed by atoms with E-state index in [1.54, 1.807) is 6.20 Å². The molecule has 2 saturated heterocycles. The molecule has 0 amide bonds.